The lowest BCUT2D eigenvalue weighted by Crippen LogP contribution is -2.44. The van der Waals surface area contributed by atoms with Gasteiger partial charge in [0, 0.05) is 18.3 Å². The van der Waals surface area contributed by atoms with Crippen LogP contribution in [0.1, 0.15) is 12.5 Å². The molecule has 1 aliphatic rings. The van der Waals surface area contributed by atoms with Gasteiger partial charge >= 0.3 is 0 Å². The maximum atomic E-state index is 13.9. The fourth-order valence-electron chi connectivity index (χ4n) is 1.84. The Bertz CT molecular complexity index is 373. The van der Waals surface area contributed by atoms with E-state index in [1.807, 2.05) is 11.8 Å². The van der Waals surface area contributed by atoms with Crippen molar-refractivity contribution in [3.63, 3.8) is 0 Å². The molecule has 1 aliphatic heterocycles. The second-order valence-electron chi connectivity index (χ2n) is 3.88. The van der Waals surface area contributed by atoms with E-state index < -0.39 is 5.82 Å². The molecule has 5 heteroatoms. The minimum absolute atomic E-state index is 0.102. The van der Waals surface area contributed by atoms with Crippen LogP contribution in [0.25, 0.3) is 0 Å². The van der Waals surface area contributed by atoms with Gasteiger partial charge in [0.1, 0.15) is 0 Å². The second-order valence-corrected chi connectivity index (χ2v) is 3.88. The summed E-state index contributed by atoms with van der Waals surface area (Å²) in [5, 5.41) is 9.00. The van der Waals surface area contributed by atoms with E-state index in [2.05, 4.69) is 4.98 Å². The number of ether oxygens (including phenoxy) is 1. The molecule has 0 amide bonds. The predicted octanol–water partition coefficient (Wildman–Crippen LogP) is 0.938. The summed E-state index contributed by atoms with van der Waals surface area (Å²) in [6, 6.07) is 1.59. The smallest absolute Gasteiger partial charge is 0.171 e. The molecule has 88 valence electrons. The average Bonchev–Trinajstić information content (AvgIpc) is 2.31. The molecule has 16 heavy (non-hydrogen) atoms. The summed E-state index contributed by atoms with van der Waals surface area (Å²) < 4.78 is 19.2. The first kappa shape index (κ1) is 11.3. The van der Waals surface area contributed by atoms with Gasteiger partial charge in [-0.25, -0.2) is 9.37 Å². The van der Waals surface area contributed by atoms with E-state index in [0.29, 0.717) is 25.6 Å². The number of pyridine rings is 1. The molecule has 0 aliphatic carbocycles. The van der Waals surface area contributed by atoms with Crippen LogP contribution >= 0.6 is 0 Å². The number of nitrogens with zero attached hydrogens (tertiary/aromatic N) is 2. The third kappa shape index (κ3) is 2.01. The molecule has 1 atom stereocenters. The second kappa shape index (κ2) is 4.76. The number of hydrogen-bond acceptors (Lipinski definition) is 4. The van der Waals surface area contributed by atoms with E-state index in [9.17, 15) is 4.39 Å². The molecule has 4 nitrogen and oxygen atoms in total. The van der Waals surface area contributed by atoms with Crippen LogP contribution in [-0.2, 0) is 11.3 Å². The molecule has 1 aromatic rings. The largest absolute Gasteiger partial charge is 0.392 e. The highest BCUT2D eigenvalue weighted by atomic mass is 19.1. The standard InChI is InChI=1S/C11H15FN2O2/c1-8-7-16-5-4-14(8)11-10(12)9(6-15)2-3-13-11/h2-3,8,15H,4-7H2,1H3. The Morgan fingerprint density at radius 2 is 2.50 bits per heavy atom. The van der Waals surface area contributed by atoms with Crippen LogP contribution in [0.3, 0.4) is 0 Å². The number of aromatic nitrogens is 1. The summed E-state index contributed by atoms with van der Waals surface area (Å²) in [4.78, 5) is 5.92. The highest BCUT2D eigenvalue weighted by molar-refractivity contribution is 5.44. The summed E-state index contributed by atoms with van der Waals surface area (Å²) >= 11 is 0. The minimum Gasteiger partial charge on any atom is -0.392 e. The van der Waals surface area contributed by atoms with Gasteiger partial charge in [-0.15, -0.1) is 0 Å². The van der Waals surface area contributed by atoms with Crippen LogP contribution in [-0.4, -0.2) is 35.9 Å². The fraction of sp³-hybridized carbons (Fsp3) is 0.545. The van der Waals surface area contributed by atoms with E-state index >= 15 is 0 Å². The van der Waals surface area contributed by atoms with E-state index in [1.165, 1.54) is 12.3 Å². The number of hydrogen-bond donors (Lipinski definition) is 1. The Balaban J connectivity index is 2.31. The van der Waals surface area contributed by atoms with Crippen molar-refractivity contribution in [2.24, 2.45) is 0 Å². The molecule has 1 aromatic heterocycles. The zero-order chi connectivity index (χ0) is 11.5. The molecule has 0 spiro atoms. The minimum atomic E-state index is -0.432. The molecule has 0 radical (unpaired) electrons. The lowest BCUT2D eigenvalue weighted by Gasteiger charge is -2.34. The summed E-state index contributed by atoms with van der Waals surface area (Å²) in [6.45, 7) is 3.44. The van der Waals surface area contributed by atoms with E-state index in [0.717, 1.165) is 0 Å². The van der Waals surface area contributed by atoms with Crippen molar-refractivity contribution in [2.45, 2.75) is 19.6 Å². The normalized spacial score (nSPS) is 21.2. The molecule has 0 bridgehead atoms. The number of aliphatic hydroxyl groups excluding tert-OH is 1. The van der Waals surface area contributed by atoms with Gasteiger partial charge in [-0.2, -0.15) is 0 Å². The Kier molecular flexibility index (Phi) is 3.36. The maximum Gasteiger partial charge on any atom is 0.171 e. The average molecular weight is 226 g/mol. The number of halogens is 1. The van der Waals surface area contributed by atoms with E-state index in [-0.39, 0.29) is 18.2 Å². The first-order valence-electron chi connectivity index (χ1n) is 5.32. The van der Waals surface area contributed by atoms with Crippen LogP contribution in [0.15, 0.2) is 12.3 Å². The number of anilines is 1. The Morgan fingerprint density at radius 1 is 1.69 bits per heavy atom. The molecule has 2 heterocycles. The molecular weight excluding hydrogens is 211 g/mol. The molecule has 0 aromatic carbocycles. The topological polar surface area (TPSA) is 45.6 Å². The Hall–Kier alpha value is -1.20. The first-order valence-corrected chi connectivity index (χ1v) is 5.32. The number of aliphatic hydroxyl groups is 1. The third-order valence-electron chi connectivity index (χ3n) is 2.76. The van der Waals surface area contributed by atoms with Gasteiger partial charge in [0.15, 0.2) is 11.6 Å². The van der Waals surface area contributed by atoms with Gasteiger partial charge in [0.2, 0.25) is 0 Å². The third-order valence-corrected chi connectivity index (χ3v) is 2.76. The van der Waals surface area contributed by atoms with Gasteiger partial charge in [-0.05, 0) is 13.0 Å². The SMILES string of the molecule is CC1COCCN1c1nccc(CO)c1F. The molecule has 1 fully saturated rings. The van der Waals surface area contributed by atoms with Crippen LogP contribution in [0.2, 0.25) is 0 Å². The highest BCUT2D eigenvalue weighted by Crippen LogP contribution is 2.22. The monoisotopic (exact) mass is 226 g/mol. The quantitative estimate of drug-likeness (QED) is 0.815. The summed E-state index contributed by atoms with van der Waals surface area (Å²) in [5.74, 6) is -0.124. The van der Waals surface area contributed by atoms with Crippen LogP contribution in [0, 0.1) is 5.82 Å². The zero-order valence-corrected chi connectivity index (χ0v) is 9.19. The van der Waals surface area contributed by atoms with Crippen LogP contribution in [0.5, 0.6) is 0 Å². The van der Waals surface area contributed by atoms with Gasteiger partial charge in [0.25, 0.3) is 0 Å². The lowest BCUT2D eigenvalue weighted by atomic mass is 10.2. The molecule has 1 unspecified atom stereocenters. The van der Waals surface area contributed by atoms with Crippen molar-refractivity contribution >= 4 is 5.82 Å². The molecule has 1 saturated heterocycles. The van der Waals surface area contributed by atoms with Gasteiger partial charge in [-0.1, -0.05) is 0 Å². The molecule has 1 N–H and O–H groups in total. The van der Waals surface area contributed by atoms with Crippen LogP contribution in [0.4, 0.5) is 10.2 Å². The zero-order valence-electron chi connectivity index (χ0n) is 9.19. The molecule has 0 saturated carbocycles. The first-order chi connectivity index (χ1) is 7.74. The van der Waals surface area contributed by atoms with Gasteiger partial charge < -0.3 is 14.7 Å². The predicted molar refractivity (Wildman–Crippen MR) is 57.7 cm³/mol. The van der Waals surface area contributed by atoms with Gasteiger partial charge in [0.05, 0.1) is 25.9 Å². The number of morpholine rings is 1. The van der Waals surface area contributed by atoms with Gasteiger partial charge in [-0.3, -0.25) is 0 Å². The summed E-state index contributed by atoms with van der Waals surface area (Å²) in [7, 11) is 0. The van der Waals surface area contributed by atoms with Crippen molar-refractivity contribution in [3.05, 3.63) is 23.6 Å². The Morgan fingerprint density at radius 3 is 3.19 bits per heavy atom. The maximum absolute atomic E-state index is 13.9. The van der Waals surface area contributed by atoms with Crippen molar-refractivity contribution in [2.75, 3.05) is 24.7 Å². The number of rotatable bonds is 2. The highest BCUT2D eigenvalue weighted by Gasteiger charge is 2.23. The van der Waals surface area contributed by atoms with Crippen LogP contribution < -0.4 is 4.90 Å². The van der Waals surface area contributed by atoms with Crippen molar-refractivity contribution in [1.82, 2.24) is 4.98 Å². The Labute approximate surface area is 93.7 Å². The fourth-order valence-corrected chi connectivity index (χ4v) is 1.84. The summed E-state index contributed by atoms with van der Waals surface area (Å²) in [6.07, 6.45) is 1.52. The van der Waals surface area contributed by atoms with Crippen molar-refractivity contribution in [1.29, 1.82) is 0 Å². The molecule has 2 rings (SSSR count). The van der Waals surface area contributed by atoms with Crippen molar-refractivity contribution < 1.29 is 14.2 Å². The molecular formula is C11H15FN2O2. The van der Waals surface area contributed by atoms with Crippen molar-refractivity contribution in [3.8, 4) is 0 Å². The van der Waals surface area contributed by atoms with E-state index in [4.69, 9.17) is 9.84 Å². The summed E-state index contributed by atoms with van der Waals surface area (Å²) in [5.41, 5.74) is 0.281. The van der Waals surface area contributed by atoms with E-state index in [1.54, 1.807) is 0 Å². The lowest BCUT2D eigenvalue weighted by molar-refractivity contribution is 0.0981.